The Morgan fingerprint density at radius 2 is 1.61 bits per heavy atom. The Labute approximate surface area is 180 Å². The van der Waals surface area contributed by atoms with Gasteiger partial charge in [0.05, 0.1) is 4.90 Å². The third kappa shape index (κ3) is 5.10. The van der Waals surface area contributed by atoms with E-state index in [1.165, 1.54) is 12.1 Å². The molecule has 0 bridgehead atoms. The molecule has 1 heterocycles. The molecule has 6 heteroatoms. The molecule has 0 unspecified atom stereocenters. The SMILES string of the molecule is NS(=O)(=O)c1ccc(CC#Cc2ccc3[nH]c(=O)c(Cc4ccccc4)cc3c2)cc1. The molecule has 3 aromatic carbocycles. The van der Waals surface area contributed by atoms with Gasteiger partial charge in [-0.2, -0.15) is 0 Å². The van der Waals surface area contributed by atoms with Crippen LogP contribution in [-0.2, 0) is 22.9 Å². The number of nitrogens with two attached hydrogens (primary N) is 1. The van der Waals surface area contributed by atoms with Crippen LogP contribution in [0.1, 0.15) is 22.3 Å². The van der Waals surface area contributed by atoms with Crippen molar-refractivity contribution in [3.05, 3.63) is 111 Å². The first-order valence-electron chi connectivity index (χ1n) is 9.69. The van der Waals surface area contributed by atoms with Crippen LogP contribution in [-0.4, -0.2) is 13.4 Å². The first kappa shape index (κ1) is 20.6. The van der Waals surface area contributed by atoms with Gasteiger partial charge in [-0.05, 0) is 52.9 Å². The molecule has 31 heavy (non-hydrogen) atoms. The Hall–Kier alpha value is -3.66. The van der Waals surface area contributed by atoms with E-state index in [0.717, 1.165) is 27.6 Å². The number of hydrogen-bond donors (Lipinski definition) is 2. The average Bonchev–Trinajstić information content (AvgIpc) is 2.75. The van der Waals surface area contributed by atoms with Gasteiger partial charge in [0.15, 0.2) is 0 Å². The van der Waals surface area contributed by atoms with Gasteiger partial charge in [-0.25, -0.2) is 13.6 Å². The first-order chi connectivity index (χ1) is 14.9. The van der Waals surface area contributed by atoms with E-state index in [4.69, 9.17) is 5.14 Å². The van der Waals surface area contributed by atoms with Crippen molar-refractivity contribution in [2.75, 3.05) is 0 Å². The van der Waals surface area contributed by atoms with Gasteiger partial charge >= 0.3 is 0 Å². The summed E-state index contributed by atoms with van der Waals surface area (Å²) in [4.78, 5) is 15.4. The van der Waals surface area contributed by atoms with Gasteiger partial charge in [0, 0.05) is 29.5 Å². The van der Waals surface area contributed by atoms with Gasteiger partial charge in [-0.15, -0.1) is 0 Å². The highest BCUT2D eigenvalue weighted by atomic mass is 32.2. The highest BCUT2D eigenvalue weighted by molar-refractivity contribution is 7.89. The quantitative estimate of drug-likeness (QED) is 0.488. The van der Waals surface area contributed by atoms with Gasteiger partial charge in [-0.1, -0.05) is 54.3 Å². The van der Waals surface area contributed by atoms with Crippen LogP contribution in [0.2, 0.25) is 0 Å². The summed E-state index contributed by atoms with van der Waals surface area (Å²) in [6.07, 6.45) is 1.05. The number of aromatic amines is 1. The Balaban J connectivity index is 1.55. The number of rotatable bonds is 4. The van der Waals surface area contributed by atoms with Crippen LogP contribution in [0.4, 0.5) is 0 Å². The maximum absolute atomic E-state index is 12.4. The minimum Gasteiger partial charge on any atom is -0.322 e. The van der Waals surface area contributed by atoms with Crippen LogP contribution in [0.15, 0.2) is 88.6 Å². The zero-order valence-corrected chi connectivity index (χ0v) is 17.4. The minimum absolute atomic E-state index is 0.0824. The van der Waals surface area contributed by atoms with Crippen molar-refractivity contribution in [1.29, 1.82) is 0 Å². The van der Waals surface area contributed by atoms with E-state index in [0.29, 0.717) is 18.4 Å². The zero-order chi connectivity index (χ0) is 21.8. The van der Waals surface area contributed by atoms with Crippen molar-refractivity contribution in [3.63, 3.8) is 0 Å². The van der Waals surface area contributed by atoms with Crippen molar-refractivity contribution in [2.24, 2.45) is 5.14 Å². The van der Waals surface area contributed by atoms with Crippen LogP contribution >= 0.6 is 0 Å². The summed E-state index contributed by atoms with van der Waals surface area (Å²) in [6.45, 7) is 0. The predicted octanol–water partition coefficient (Wildman–Crippen LogP) is 3.36. The summed E-state index contributed by atoms with van der Waals surface area (Å²) >= 11 is 0. The number of sulfonamides is 1. The molecule has 0 radical (unpaired) electrons. The van der Waals surface area contributed by atoms with Gasteiger partial charge < -0.3 is 4.98 Å². The number of primary sulfonamides is 1. The number of benzene rings is 3. The van der Waals surface area contributed by atoms with Crippen molar-refractivity contribution in [2.45, 2.75) is 17.7 Å². The fraction of sp³-hybridized carbons (Fsp3) is 0.0800. The van der Waals surface area contributed by atoms with Gasteiger partial charge in [0.1, 0.15) is 0 Å². The van der Waals surface area contributed by atoms with Crippen molar-refractivity contribution < 1.29 is 8.42 Å². The van der Waals surface area contributed by atoms with E-state index in [1.54, 1.807) is 12.1 Å². The molecule has 3 N–H and O–H groups in total. The maximum atomic E-state index is 12.4. The molecule has 5 nitrogen and oxygen atoms in total. The molecule has 0 spiro atoms. The lowest BCUT2D eigenvalue weighted by Crippen LogP contribution is -2.12. The summed E-state index contributed by atoms with van der Waals surface area (Å²) in [5, 5.41) is 6.04. The number of nitrogens with one attached hydrogen (secondary N) is 1. The maximum Gasteiger partial charge on any atom is 0.251 e. The molecule has 1 aromatic heterocycles. The zero-order valence-electron chi connectivity index (χ0n) is 16.6. The molecular formula is C25H20N2O3S. The monoisotopic (exact) mass is 428 g/mol. The van der Waals surface area contributed by atoms with Crippen LogP contribution in [0.25, 0.3) is 10.9 Å². The van der Waals surface area contributed by atoms with Crippen molar-refractivity contribution in [3.8, 4) is 11.8 Å². The molecule has 0 fully saturated rings. The number of hydrogen-bond acceptors (Lipinski definition) is 3. The number of pyridine rings is 1. The van der Waals surface area contributed by atoms with Crippen LogP contribution < -0.4 is 10.7 Å². The first-order valence-corrected chi connectivity index (χ1v) is 11.2. The largest absolute Gasteiger partial charge is 0.322 e. The fourth-order valence-corrected chi connectivity index (χ4v) is 3.84. The van der Waals surface area contributed by atoms with Crippen LogP contribution in [0, 0.1) is 11.8 Å². The summed E-state index contributed by atoms with van der Waals surface area (Å²) in [7, 11) is -3.69. The minimum atomic E-state index is -3.69. The Morgan fingerprint density at radius 3 is 2.32 bits per heavy atom. The summed E-state index contributed by atoms with van der Waals surface area (Å²) in [5.41, 5.74) is 4.21. The fourth-order valence-electron chi connectivity index (χ4n) is 3.32. The number of aromatic nitrogens is 1. The van der Waals surface area contributed by atoms with E-state index in [2.05, 4.69) is 16.8 Å². The normalized spacial score (nSPS) is 11.1. The number of fused-ring (bicyclic) bond motifs is 1. The average molecular weight is 429 g/mol. The molecule has 4 rings (SSSR count). The third-order valence-electron chi connectivity index (χ3n) is 4.94. The third-order valence-corrected chi connectivity index (χ3v) is 5.86. The van der Waals surface area contributed by atoms with E-state index in [9.17, 15) is 13.2 Å². The summed E-state index contributed by atoms with van der Waals surface area (Å²) in [6, 6.07) is 23.8. The Bertz CT molecular complexity index is 1460. The van der Waals surface area contributed by atoms with Crippen LogP contribution in [0.5, 0.6) is 0 Å². The van der Waals surface area contributed by atoms with Gasteiger partial charge in [-0.3, -0.25) is 4.79 Å². The summed E-state index contributed by atoms with van der Waals surface area (Å²) in [5.74, 6) is 6.23. The highest BCUT2D eigenvalue weighted by Gasteiger charge is 2.06. The van der Waals surface area contributed by atoms with Gasteiger partial charge in [0.25, 0.3) is 5.56 Å². The lowest BCUT2D eigenvalue weighted by molar-refractivity contribution is 0.598. The molecule has 0 amide bonds. The molecule has 0 saturated carbocycles. The molecular weight excluding hydrogens is 408 g/mol. The number of H-pyrrole nitrogens is 1. The standard InChI is InChI=1S/C25H20N2O3S/c26-31(29,30)23-12-9-18(10-13-23)7-4-8-20-11-14-24-21(15-20)17-22(25(28)27-24)16-19-5-2-1-3-6-19/h1-3,5-6,9-15,17H,7,16H2,(H,27,28)(H2,26,29,30). The van der Waals surface area contributed by atoms with Crippen LogP contribution in [0.3, 0.4) is 0 Å². The Kier molecular flexibility index (Phi) is 5.72. The molecule has 154 valence electrons. The molecule has 0 saturated heterocycles. The molecule has 0 aliphatic heterocycles. The molecule has 0 aliphatic carbocycles. The lowest BCUT2D eigenvalue weighted by Gasteiger charge is -2.04. The smallest absolute Gasteiger partial charge is 0.251 e. The van der Waals surface area contributed by atoms with E-state index >= 15 is 0 Å². The van der Waals surface area contributed by atoms with Crippen molar-refractivity contribution in [1.82, 2.24) is 4.98 Å². The van der Waals surface area contributed by atoms with Gasteiger partial charge in [0.2, 0.25) is 10.0 Å². The lowest BCUT2D eigenvalue weighted by atomic mass is 10.0. The second kappa shape index (κ2) is 8.60. The molecule has 0 atom stereocenters. The van der Waals surface area contributed by atoms with E-state index < -0.39 is 10.0 Å². The van der Waals surface area contributed by atoms with E-state index in [1.807, 2.05) is 54.6 Å². The van der Waals surface area contributed by atoms with Crippen molar-refractivity contribution >= 4 is 20.9 Å². The Morgan fingerprint density at radius 1 is 0.871 bits per heavy atom. The highest BCUT2D eigenvalue weighted by Crippen LogP contribution is 2.15. The second-order valence-electron chi connectivity index (χ2n) is 7.26. The molecule has 0 aliphatic rings. The second-order valence-corrected chi connectivity index (χ2v) is 8.82. The molecule has 4 aromatic rings. The predicted molar refractivity (Wildman–Crippen MR) is 122 cm³/mol. The topological polar surface area (TPSA) is 93.0 Å². The van der Waals surface area contributed by atoms with E-state index in [-0.39, 0.29) is 10.5 Å². The summed E-state index contributed by atoms with van der Waals surface area (Å²) < 4.78 is 22.7.